The highest BCUT2D eigenvalue weighted by Gasteiger charge is 2.14. The van der Waals surface area contributed by atoms with Crippen LogP contribution in [0.15, 0.2) is 42.6 Å². The molecule has 0 unspecified atom stereocenters. The highest BCUT2D eigenvalue weighted by atomic mass is 35.5. The number of hydrogen-bond acceptors (Lipinski definition) is 3. The van der Waals surface area contributed by atoms with E-state index in [4.69, 9.17) is 21.1 Å². The average molecular weight is 343 g/mol. The Balaban J connectivity index is 1.53. The van der Waals surface area contributed by atoms with E-state index in [0.717, 1.165) is 60.7 Å². The number of hydrogen-bond donors (Lipinski definition) is 1. The van der Waals surface area contributed by atoms with Gasteiger partial charge >= 0.3 is 0 Å². The Hall–Kier alpha value is -2.04. The first kappa shape index (κ1) is 15.5. The van der Waals surface area contributed by atoms with Gasteiger partial charge in [-0.05, 0) is 43.0 Å². The van der Waals surface area contributed by atoms with E-state index >= 15 is 0 Å². The molecule has 0 radical (unpaired) electrons. The van der Waals surface area contributed by atoms with Gasteiger partial charge in [-0.15, -0.1) is 0 Å². The molecule has 1 aliphatic rings. The number of rotatable bonds is 4. The van der Waals surface area contributed by atoms with Crippen molar-refractivity contribution in [2.45, 2.75) is 12.8 Å². The van der Waals surface area contributed by atoms with Gasteiger partial charge in [-0.2, -0.15) is 0 Å². The van der Waals surface area contributed by atoms with Crippen molar-refractivity contribution in [3.8, 4) is 17.0 Å². The van der Waals surface area contributed by atoms with Gasteiger partial charge in [-0.1, -0.05) is 23.7 Å². The summed E-state index contributed by atoms with van der Waals surface area (Å²) in [5.74, 6) is 1.47. The number of aromatic amines is 1. The summed E-state index contributed by atoms with van der Waals surface area (Å²) in [5.41, 5.74) is 2.85. The van der Waals surface area contributed by atoms with Gasteiger partial charge in [0.1, 0.15) is 11.4 Å². The van der Waals surface area contributed by atoms with Crippen LogP contribution in [0.4, 0.5) is 0 Å². The molecule has 4 rings (SSSR count). The van der Waals surface area contributed by atoms with Crippen LogP contribution in [0.5, 0.6) is 5.75 Å². The summed E-state index contributed by atoms with van der Waals surface area (Å²) in [5, 5.41) is 1.64. The minimum absolute atomic E-state index is 0.582. The molecule has 1 aliphatic heterocycles. The van der Waals surface area contributed by atoms with E-state index in [1.807, 2.05) is 18.2 Å². The number of nitrogens with one attached hydrogen (secondary N) is 1. The third kappa shape index (κ3) is 3.25. The van der Waals surface area contributed by atoms with Gasteiger partial charge in [-0.3, -0.25) is 0 Å². The molecule has 124 valence electrons. The summed E-state index contributed by atoms with van der Waals surface area (Å²) < 4.78 is 11.4. The molecule has 2 aromatic heterocycles. The summed E-state index contributed by atoms with van der Waals surface area (Å²) in [6.07, 6.45) is 3.86. The zero-order valence-electron chi connectivity index (χ0n) is 13.3. The number of aromatic nitrogens is 2. The highest BCUT2D eigenvalue weighted by Crippen LogP contribution is 2.29. The third-order valence-electron chi connectivity index (χ3n) is 4.45. The standard InChI is InChI=1S/C19H19ClN2O2/c20-17-4-7-21-19-16(17)11-18(22-19)14-2-1-3-15(10-14)24-12-13-5-8-23-9-6-13/h1-4,7,10-11,13H,5-6,8-9,12H2,(H,21,22). The lowest BCUT2D eigenvalue weighted by Crippen LogP contribution is -2.21. The molecule has 0 spiro atoms. The lowest BCUT2D eigenvalue weighted by atomic mass is 10.0. The largest absolute Gasteiger partial charge is 0.493 e. The topological polar surface area (TPSA) is 47.1 Å². The van der Waals surface area contributed by atoms with Gasteiger partial charge in [0.05, 0.1) is 11.6 Å². The zero-order chi connectivity index (χ0) is 16.4. The third-order valence-corrected chi connectivity index (χ3v) is 4.78. The van der Waals surface area contributed by atoms with Crippen LogP contribution in [-0.4, -0.2) is 29.8 Å². The van der Waals surface area contributed by atoms with Crippen molar-refractivity contribution >= 4 is 22.6 Å². The molecule has 1 saturated heterocycles. The molecule has 1 aromatic carbocycles. The summed E-state index contributed by atoms with van der Waals surface area (Å²) in [7, 11) is 0. The predicted octanol–water partition coefficient (Wildman–Crippen LogP) is 4.69. The van der Waals surface area contributed by atoms with E-state index in [-0.39, 0.29) is 0 Å². The second kappa shape index (κ2) is 6.83. The molecular weight excluding hydrogens is 324 g/mol. The summed E-state index contributed by atoms with van der Waals surface area (Å²) >= 11 is 6.23. The van der Waals surface area contributed by atoms with Crippen molar-refractivity contribution in [1.82, 2.24) is 9.97 Å². The molecule has 0 bridgehead atoms. The van der Waals surface area contributed by atoms with Crippen molar-refractivity contribution in [2.75, 3.05) is 19.8 Å². The Morgan fingerprint density at radius 1 is 1.21 bits per heavy atom. The molecule has 24 heavy (non-hydrogen) atoms. The van der Waals surface area contributed by atoms with Gasteiger partial charge in [0.2, 0.25) is 0 Å². The maximum absolute atomic E-state index is 6.23. The second-order valence-electron chi connectivity index (χ2n) is 6.13. The van der Waals surface area contributed by atoms with Crippen LogP contribution in [0.3, 0.4) is 0 Å². The molecule has 3 aromatic rings. The predicted molar refractivity (Wildman–Crippen MR) is 95.6 cm³/mol. The van der Waals surface area contributed by atoms with Crippen molar-refractivity contribution in [3.63, 3.8) is 0 Å². The summed E-state index contributed by atoms with van der Waals surface area (Å²) in [4.78, 5) is 7.64. The fourth-order valence-corrected chi connectivity index (χ4v) is 3.23. The van der Waals surface area contributed by atoms with Crippen LogP contribution in [0.25, 0.3) is 22.3 Å². The molecular formula is C19H19ClN2O2. The Morgan fingerprint density at radius 2 is 2.08 bits per heavy atom. The first-order valence-corrected chi connectivity index (χ1v) is 8.61. The lowest BCUT2D eigenvalue weighted by Gasteiger charge is -2.22. The fraction of sp³-hybridized carbons (Fsp3) is 0.316. The van der Waals surface area contributed by atoms with Gasteiger partial charge < -0.3 is 14.5 Å². The number of benzene rings is 1. The Bertz CT molecular complexity index is 840. The molecule has 0 aliphatic carbocycles. The number of pyridine rings is 1. The van der Waals surface area contributed by atoms with E-state index in [1.54, 1.807) is 12.3 Å². The van der Waals surface area contributed by atoms with Crippen LogP contribution in [0, 0.1) is 5.92 Å². The minimum atomic E-state index is 0.582. The maximum Gasteiger partial charge on any atom is 0.139 e. The van der Waals surface area contributed by atoms with Crippen LogP contribution in [0.1, 0.15) is 12.8 Å². The number of ether oxygens (including phenoxy) is 2. The summed E-state index contributed by atoms with van der Waals surface area (Å²) in [6.45, 7) is 2.43. The smallest absolute Gasteiger partial charge is 0.139 e. The van der Waals surface area contributed by atoms with E-state index in [9.17, 15) is 0 Å². The van der Waals surface area contributed by atoms with Crippen LogP contribution >= 0.6 is 11.6 Å². The zero-order valence-corrected chi connectivity index (χ0v) is 14.1. The van der Waals surface area contributed by atoms with Crippen LogP contribution < -0.4 is 4.74 Å². The lowest BCUT2D eigenvalue weighted by molar-refractivity contribution is 0.0497. The number of H-pyrrole nitrogens is 1. The fourth-order valence-electron chi connectivity index (χ4n) is 3.03. The summed E-state index contributed by atoms with van der Waals surface area (Å²) in [6, 6.07) is 11.9. The first-order valence-electron chi connectivity index (χ1n) is 8.24. The van der Waals surface area contributed by atoms with Gasteiger partial charge in [-0.25, -0.2) is 4.98 Å². The molecule has 0 atom stereocenters. The van der Waals surface area contributed by atoms with Crippen LogP contribution in [-0.2, 0) is 4.74 Å². The minimum Gasteiger partial charge on any atom is -0.493 e. The molecule has 5 heteroatoms. The second-order valence-corrected chi connectivity index (χ2v) is 6.54. The van der Waals surface area contributed by atoms with Crippen LogP contribution in [0.2, 0.25) is 5.02 Å². The van der Waals surface area contributed by atoms with Crippen molar-refractivity contribution in [2.24, 2.45) is 5.92 Å². The number of halogens is 1. The van der Waals surface area contributed by atoms with Crippen molar-refractivity contribution in [1.29, 1.82) is 0 Å². The van der Waals surface area contributed by atoms with E-state index in [2.05, 4.69) is 22.1 Å². The molecule has 3 heterocycles. The normalized spacial score (nSPS) is 15.7. The van der Waals surface area contributed by atoms with Crippen molar-refractivity contribution < 1.29 is 9.47 Å². The van der Waals surface area contributed by atoms with E-state index in [1.165, 1.54) is 0 Å². The monoisotopic (exact) mass is 342 g/mol. The maximum atomic E-state index is 6.23. The Kier molecular flexibility index (Phi) is 4.41. The quantitative estimate of drug-likeness (QED) is 0.748. The average Bonchev–Trinajstić information content (AvgIpc) is 3.07. The van der Waals surface area contributed by atoms with E-state index < -0.39 is 0 Å². The number of nitrogens with zero attached hydrogens (tertiary/aromatic N) is 1. The molecule has 4 nitrogen and oxygen atoms in total. The Labute approximate surface area is 145 Å². The molecule has 0 saturated carbocycles. The van der Waals surface area contributed by atoms with E-state index in [0.29, 0.717) is 10.9 Å². The Morgan fingerprint density at radius 3 is 2.92 bits per heavy atom. The van der Waals surface area contributed by atoms with Crippen molar-refractivity contribution in [3.05, 3.63) is 47.6 Å². The first-order chi connectivity index (χ1) is 11.8. The van der Waals surface area contributed by atoms with Gasteiger partial charge in [0.25, 0.3) is 0 Å². The SMILES string of the molecule is Clc1ccnc2[nH]c(-c3cccc(OCC4CCOCC4)c3)cc12. The van der Waals surface area contributed by atoms with Gasteiger partial charge in [0.15, 0.2) is 0 Å². The molecule has 0 amide bonds. The molecule has 1 N–H and O–H groups in total. The van der Waals surface area contributed by atoms with Gasteiger partial charge in [0, 0.05) is 36.1 Å². The molecule has 1 fully saturated rings. The number of fused-ring (bicyclic) bond motifs is 1. The highest BCUT2D eigenvalue weighted by molar-refractivity contribution is 6.35.